The highest BCUT2D eigenvalue weighted by Gasteiger charge is 2.25. The van der Waals surface area contributed by atoms with Crippen LogP contribution in [0.15, 0.2) is 23.6 Å². The van der Waals surface area contributed by atoms with E-state index in [4.69, 9.17) is 5.73 Å². The van der Waals surface area contributed by atoms with Gasteiger partial charge in [-0.2, -0.15) is 10.2 Å². The summed E-state index contributed by atoms with van der Waals surface area (Å²) in [7, 11) is -1.17. The molecule has 0 spiro atoms. The number of sulfone groups is 1. The Kier molecular flexibility index (Phi) is 4.72. The van der Waals surface area contributed by atoms with Gasteiger partial charge in [-0.25, -0.2) is 8.42 Å². The van der Waals surface area contributed by atoms with Crippen LogP contribution in [0.4, 0.5) is 11.6 Å². The topological polar surface area (TPSA) is 132 Å². The zero-order valence-electron chi connectivity index (χ0n) is 17.2. The van der Waals surface area contributed by atoms with Crippen LogP contribution in [0.3, 0.4) is 0 Å². The van der Waals surface area contributed by atoms with Crippen LogP contribution in [-0.2, 0) is 16.9 Å². The Morgan fingerprint density at radius 1 is 1.30 bits per heavy atom. The molecule has 11 heteroatoms. The van der Waals surface area contributed by atoms with E-state index in [1.807, 2.05) is 31.9 Å². The van der Waals surface area contributed by atoms with Crippen LogP contribution in [0, 0.1) is 5.92 Å². The number of nitrogen functional groups attached to an aromatic ring is 1. The summed E-state index contributed by atoms with van der Waals surface area (Å²) in [5, 5.41) is 11.8. The summed E-state index contributed by atoms with van der Waals surface area (Å²) in [5.41, 5.74) is 8.13. The summed E-state index contributed by atoms with van der Waals surface area (Å²) in [6, 6.07) is 1.89. The second-order valence-corrected chi connectivity index (χ2v) is 10.2. The molecule has 30 heavy (non-hydrogen) atoms. The van der Waals surface area contributed by atoms with Crippen molar-refractivity contribution in [2.24, 2.45) is 13.0 Å². The molecule has 0 aliphatic carbocycles. The Hall–Kier alpha value is -3.08. The number of anilines is 2. The number of hydrogen-bond donors (Lipinski definition) is 2. The van der Waals surface area contributed by atoms with Crippen LogP contribution >= 0.6 is 0 Å². The zero-order valence-corrected chi connectivity index (χ0v) is 18.0. The lowest BCUT2D eigenvalue weighted by Gasteiger charge is -2.28. The van der Waals surface area contributed by atoms with Gasteiger partial charge < -0.3 is 10.6 Å². The van der Waals surface area contributed by atoms with Gasteiger partial charge in [0.05, 0.1) is 22.7 Å². The molecule has 1 aliphatic rings. The monoisotopic (exact) mass is 431 g/mol. The third-order valence-electron chi connectivity index (χ3n) is 5.53. The number of aryl methyl sites for hydroxylation is 1. The van der Waals surface area contributed by atoms with Crippen molar-refractivity contribution in [3.63, 3.8) is 0 Å². The molecule has 0 radical (unpaired) electrons. The Morgan fingerprint density at radius 3 is 2.60 bits per heavy atom. The Bertz CT molecular complexity index is 1300. The van der Waals surface area contributed by atoms with Crippen molar-refractivity contribution in [1.82, 2.24) is 24.5 Å². The molecule has 0 unspecified atom stereocenters. The minimum atomic E-state index is -2.98. The Morgan fingerprint density at radius 2 is 1.97 bits per heavy atom. The van der Waals surface area contributed by atoms with Crippen molar-refractivity contribution >= 4 is 38.1 Å². The fourth-order valence-corrected chi connectivity index (χ4v) is 4.85. The smallest absolute Gasteiger partial charge is 0.268 e. The first-order valence-corrected chi connectivity index (χ1v) is 11.5. The number of pyridine rings is 1. The molecular formula is C19H25N7O3S. The van der Waals surface area contributed by atoms with E-state index in [2.05, 4.69) is 21.9 Å². The highest BCUT2D eigenvalue weighted by Crippen LogP contribution is 2.31. The first kappa shape index (κ1) is 20.2. The molecule has 10 nitrogen and oxygen atoms in total. The standard InChI is InChI=1S/C19H25N7O3S/c1-11(2)12(3)26-10-13(17-16(19(26)27)18(20)22-21-17)14-9-15(24(4)23-14)25-5-7-30(28,29)8-6-25/h9-11H,3,5-8H2,1-2,4H3,(H3,20,21,22). The number of nitrogens with zero attached hydrogens (tertiary/aromatic N) is 5. The van der Waals surface area contributed by atoms with E-state index < -0.39 is 9.84 Å². The van der Waals surface area contributed by atoms with Crippen molar-refractivity contribution < 1.29 is 8.42 Å². The van der Waals surface area contributed by atoms with Crippen LogP contribution in [0.25, 0.3) is 27.9 Å². The van der Waals surface area contributed by atoms with E-state index >= 15 is 0 Å². The molecule has 4 heterocycles. The van der Waals surface area contributed by atoms with Crippen LogP contribution < -0.4 is 16.2 Å². The first-order valence-electron chi connectivity index (χ1n) is 9.67. The summed E-state index contributed by atoms with van der Waals surface area (Å²) in [6.45, 7) is 8.80. The molecule has 0 atom stereocenters. The molecule has 0 saturated carbocycles. The fourth-order valence-electron chi connectivity index (χ4n) is 3.65. The lowest BCUT2D eigenvalue weighted by atomic mass is 10.1. The summed E-state index contributed by atoms with van der Waals surface area (Å²) in [5.74, 6) is 1.22. The number of aromatic nitrogens is 5. The molecular weight excluding hydrogens is 406 g/mol. The predicted octanol–water partition coefficient (Wildman–Crippen LogP) is 1.07. The van der Waals surface area contributed by atoms with Gasteiger partial charge >= 0.3 is 0 Å². The van der Waals surface area contributed by atoms with Crippen molar-refractivity contribution in [2.75, 3.05) is 35.2 Å². The van der Waals surface area contributed by atoms with Gasteiger partial charge in [0.2, 0.25) is 0 Å². The number of allylic oxidation sites excluding steroid dienone is 1. The zero-order chi connectivity index (χ0) is 21.8. The number of H-pyrrole nitrogens is 1. The second-order valence-electron chi connectivity index (χ2n) is 7.87. The van der Waals surface area contributed by atoms with Crippen LogP contribution in [-0.4, -0.2) is 57.6 Å². The summed E-state index contributed by atoms with van der Waals surface area (Å²) in [4.78, 5) is 15.0. The molecule has 3 aromatic heterocycles. The van der Waals surface area contributed by atoms with Gasteiger partial charge in [0.25, 0.3) is 5.56 Å². The second kappa shape index (κ2) is 7.01. The lowest BCUT2D eigenvalue weighted by molar-refractivity contribution is 0.584. The molecule has 1 aliphatic heterocycles. The van der Waals surface area contributed by atoms with Crippen LogP contribution in [0.2, 0.25) is 0 Å². The Labute approximate surface area is 173 Å². The molecule has 0 aromatic carbocycles. The maximum atomic E-state index is 13.0. The number of fused-ring (bicyclic) bond motifs is 1. The first-order chi connectivity index (χ1) is 14.1. The normalized spacial score (nSPS) is 16.5. The third kappa shape index (κ3) is 3.28. The average molecular weight is 432 g/mol. The molecule has 3 aromatic rings. The quantitative estimate of drug-likeness (QED) is 0.631. The lowest BCUT2D eigenvalue weighted by Crippen LogP contribution is -2.41. The third-order valence-corrected chi connectivity index (χ3v) is 7.14. The van der Waals surface area contributed by atoms with Gasteiger partial charge in [-0.05, 0) is 5.92 Å². The number of rotatable bonds is 4. The van der Waals surface area contributed by atoms with Crippen molar-refractivity contribution in [2.45, 2.75) is 13.8 Å². The predicted molar refractivity (Wildman–Crippen MR) is 118 cm³/mol. The molecule has 0 amide bonds. The minimum Gasteiger partial charge on any atom is -0.382 e. The summed E-state index contributed by atoms with van der Waals surface area (Å²) in [6.07, 6.45) is 1.71. The molecule has 160 valence electrons. The van der Waals surface area contributed by atoms with Crippen molar-refractivity contribution in [1.29, 1.82) is 0 Å². The summed E-state index contributed by atoms with van der Waals surface area (Å²) < 4.78 is 26.7. The fraction of sp³-hybridized carbons (Fsp3) is 0.421. The highest BCUT2D eigenvalue weighted by molar-refractivity contribution is 7.91. The van der Waals surface area contributed by atoms with E-state index in [0.29, 0.717) is 40.9 Å². The van der Waals surface area contributed by atoms with E-state index in [0.717, 1.165) is 5.82 Å². The maximum Gasteiger partial charge on any atom is 0.268 e. The van der Waals surface area contributed by atoms with Crippen molar-refractivity contribution in [3.8, 4) is 11.3 Å². The number of nitrogens with one attached hydrogen (secondary N) is 1. The Balaban J connectivity index is 1.85. The van der Waals surface area contributed by atoms with E-state index in [1.165, 1.54) is 4.57 Å². The molecule has 0 bridgehead atoms. The molecule has 1 fully saturated rings. The van der Waals surface area contributed by atoms with Crippen LogP contribution in [0.1, 0.15) is 13.8 Å². The van der Waals surface area contributed by atoms with E-state index in [1.54, 1.807) is 10.9 Å². The van der Waals surface area contributed by atoms with Gasteiger partial charge in [-0.3, -0.25) is 19.1 Å². The summed E-state index contributed by atoms with van der Waals surface area (Å²) >= 11 is 0. The minimum absolute atomic E-state index is 0.0516. The highest BCUT2D eigenvalue weighted by atomic mass is 32.2. The molecule has 1 saturated heterocycles. The van der Waals surface area contributed by atoms with Gasteiger partial charge in [-0.1, -0.05) is 20.4 Å². The maximum absolute atomic E-state index is 13.0. The molecule has 3 N–H and O–H groups in total. The van der Waals surface area contributed by atoms with Gasteiger partial charge in [-0.15, -0.1) is 0 Å². The van der Waals surface area contributed by atoms with Crippen LogP contribution in [0.5, 0.6) is 0 Å². The van der Waals surface area contributed by atoms with E-state index in [9.17, 15) is 13.2 Å². The van der Waals surface area contributed by atoms with Gasteiger partial charge in [0.15, 0.2) is 15.7 Å². The SMILES string of the molecule is C=C(C(C)C)n1cc(-c2cc(N3CCS(=O)(=O)CC3)n(C)n2)c2[nH]nc(N)c2c1=O. The number of hydrogen-bond acceptors (Lipinski definition) is 7. The average Bonchev–Trinajstić information content (AvgIpc) is 3.25. The van der Waals surface area contributed by atoms with Crippen molar-refractivity contribution in [3.05, 3.63) is 29.2 Å². The van der Waals surface area contributed by atoms with Gasteiger partial charge in [0, 0.05) is 43.7 Å². The number of aromatic amines is 1. The van der Waals surface area contributed by atoms with E-state index in [-0.39, 0.29) is 28.8 Å². The largest absolute Gasteiger partial charge is 0.382 e. The van der Waals surface area contributed by atoms with Gasteiger partial charge in [0.1, 0.15) is 11.2 Å². The molecule has 4 rings (SSSR count). The number of nitrogens with two attached hydrogens (primary N) is 1.